The molecule has 0 heterocycles. The van der Waals surface area contributed by atoms with Crippen molar-refractivity contribution >= 4 is 17.7 Å². The summed E-state index contributed by atoms with van der Waals surface area (Å²) < 4.78 is 13.5. The van der Waals surface area contributed by atoms with Crippen molar-refractivity contribution in [3.05, 3.63) is 76.1 Å². The van der Waals surface area contributed by atoms with Crippen molar-refractivity contribution in [3.63, 3.8) is 0 Å². The number of nitriles is 1. The number of benzene rings is 2. The van der Waals surface area contributed by atoms with Gasteiger partial charge in [0.05, 0.1) is 29.3 Å². The van der Waals surface area contributed by atoms with E-state index < -0.39 is 5.82 Å². The number of nitrogens with zero attached hydrogens (tertiary/aromatic N) is 1. The molecule has 118 valence electrons. The highest BCUT2D eigenvalue weighted by molar-refractivity contribution is 6.30. The third kappa shape index (κ3) is 4.90. The van der Waals surface area contributed by atoms with Gasteiger partial charge in [-0.05, 0) is 35.4 Å². The molecule has 0 amide bonds. The minimum absolute atomic E-state index is 0.0613. The van der Waals surface area contributed by atoms with E-state index in [0.717, 1.165) is 5.56 Å². The minimum atomic E-state index is -0.502. The molecule has 0 aliphatic rings. The summed E-state index contributed by atoms with van der Waals surface area (Å²) in [6.07, 6.45) is 3.81. The van der Waals surface area contributed by atoms with Gasteiger partial charge in [0.15, 0.2) is 0 Å². The topological polar surface area (TPSA) is 56.0 Å². The first-order chi connectivity index (χ1) is 11.1. The second-order valence-electron chi connectivity index (χ2n) is 4.95. The molecular formula is C18H16ClFN2O. The Morgan fingerprint density at radius 1 is 1.26 bits per heavy atom. The molecule has 1 unspecified atom stereocenters. The van der Waals surface area contributed by atoms with Gasteiger partial charge < -0.3 is 10.4 Å². The zero-order valence-electron chi connectivity index (χ0n) is 12.3. The van der Waals surface area contributed by atoms with Crippen LogP contribution in [0.15, 0.2) is 48.5 Å². The van der Waals surface area contributed by atoms with Crippen LogP contribution in [-0.2, 0) is 0 Å². The van der Waals surface area contributed by atoms with E-state index in [1.54, 1.807) is 18.2 Å². The summed E-state index contributed by atoms with van der Waals surface area (Å²) >= 11 is 5.66. The van der Waals surface area contributed by atoms with Gasteiger partial charge in [-0.2, -0.15) is 5.26 Å². The monoisotopic (exact) mass is 330 g/mol. The van der Waals surface area contributed by atoms with Crippen molar-refractivity contribution in [1.29, 1.82) is 5.26 Å². The van der Waals surface area contributed by atoms with Crippen LogP contribution in [0.1, 0.15) is 22.7 Å². The second kappa shape index (κ2) is 8.44. The first-order valence-electron chi connectivity index (χ1n) is 7.10. The van der Waals surface area contributed by atoms with Crippen molar-refractivity contribution in [2.45, 2.75) is 6.04 Å². The van der Waals surface area contributed by atoms with Crippen LogP contribution < -0.4 is 5.32 Å². The van der Waals surface area contributed by atoms with Crippen molar-refractivity contribution in [2.24, 2.45) is 0 Å². The van der Waals surface area contributed by atoms with Gasteiger partial charge >= 0.3 is 0 Å². The normalized spacial score (nSPS) is 12.3. The van der Waals surface area contributed by atoms with E-state index in [1.807, 2.05) is 24.3 Å². The van der Waals surface area contributed by atoms with E-state index in [1.165, 1.54) is 12.1 Å². The number of halogens is 2. The van der Waals surface area contributed by atoms with Crippen LogP contribution in [0.4, 0.5) is 4.39 Å². The molecule has 0 bridgehead atoms. The number of aliphatic hydroxyl groups is 1. The Morgan fingerprint density at radius 3 is 2.61 bits per heavy atom. The smallest absolute Gasteiger partial charge is 0.142 e. The number of rotatable bonds is 6. The maximum absolute atomic E-state index is 13.5. The summed E-state index contributed by atoms with van der Waals surface area (Å²) in [5.74, 6) is -0.502. The van der Waals surface area contributed by atoms with E-state index in [4.69, 9.17) is 16.9 Å². The molecule has 1 atom stereocenters. The molecule has 0 aliphatic carbocycles. The average Bonchev–Trinajstić information content (AvgIpc) is 2.58. The number of aliphatic hydroxyl groups excluding tert-OH is 1. The Kier molecular flexibility index (Phi) is 6.30. The molecule has 0 radical (unpaired) electrons. The van der Waals surface area contributed by atoms with Gasteiger partial charge in [0.1, 0.15) is 5.82 Å². The van der Waals surface area contributed by atoms with Gasteiger partial charge in [0, 0.05) is 6.54 Å². The van der Waals surface area contributed by atoms with Crippen LogP contribution >= 0.6 is 11.6 Å². The Balaban J connectivity index is 1.93. The summed E-state index contributed by atoms with van der Waals surface area (Å²) in [4.78, 5) is 0. The molecule has 0 saturated carbocycles. The fraction of sp³-hybridized carbons (Fsp3) is 0.167. The Bertz CT molecular complexity index is 723. The van der Waals surface area contributed by atoms with Gasteiger partial charge in [0.25, 0.3) is 0 Å². The molecule has 2 N–H and O–H groups in total. The van der Waals surface area contributed by atoms with E-state index in [-0.39, 0.29) is 17.7 Å². The molecule has 3 nitrogen and oxygen atoms in total. The SMILES string of the molecule is N#Cc1ccc(/C=C/CNC(CO)c2ccc(Cl)c(F)c2)cc1. The van der Waals surface area contributed by atoms with Gasteiger partial charge in [-0.1, -0.05) is 42.0 Å². The predicted octanol–water partition coefficient (Wildman–Crippen LogP) is 3.69. The lowest BCUT2D eigenvalue weighted by molar-refractivity contribution is 0.247. The molecular weight excluding hydrogens is 315 g/mol. The second-order valence-corrected chi connectivity index (χ2v) is 5.36. The van der Waals surface area contributed by atoms with Crippen LogP contribution in [0.5, 0.6) is 0 Å². The average molecular weight is 331 g/mol. The summed E-state index contributed by atoms with van der Waals surface area (Å²) in [6, 6.07) is 13.4. The van der Waals surface area contributed by atoms with E-state index in [0.29, 0.717) is 17.7 Å². The Hall–Kier alpha value is -2.19. The predicted molar refractivity (Wildman–Crippen MR) is 89.4 cm³/mol. The standard InChI is InChI=1S/C18H16ClFN2O/c19-16-8-7-15(10-17(16)20)18(12-23)22-9-1-2-13-3-5-14(11-21)6-4-13/h1-8,10,18,22-23H,9,12H2/b2-1+. The van der Waals surface area contributed by atoms with Gasteiger partial charge in [0.2, 0.25) is 0 Å². The van der Waals surface area contributed by atoms with E-state index in [9.17, 15) is 9.50 Å². The van der Waals surface area contributed by atoms with Crippen LogP contribution in [0.25, 0.3) is 6.08 Å². The number of nitrogens with one attached hydrogen (secondary N) is 1. The maximum Gasteiger partial charge on any atom is 0.142 e. The van der Waals surface area contributed by atoms with Crippen molar-refractivity contribution in [2.75, 3.05) is 13.2 Å². The first kappa shape index (κ1) is 17.2. The molecule has 2 aromatic rings. The molecule has 0 aromatic heterocycles. The molecule has 0 aliphatic heterocycles. The van der Waals surface area contributed by atoms with Crippen molar-refractivity contribution < 1.29 is 9.50 Å². The third-order valence-electron chi connectivity index (χ3n) is 3.36. The van der Waals surface area contributed by atoms with Gasteiger partial charge in [-0.25, -0.2) is 4.39 Å². The summed E-state index contributed by atoms with van der Waals surface area (Å²) in [5, 5.41) is 21.4. The molecule has 0 fully saturated rings. The molecule has 0 spiro atoms. The lowest BCUT2D eigenvalue weighted by Gasteiger charge is -2.15. The summed E-state index contributed by atoms with van der Waals surface area (Å²) in [5.41, 5.74) is 2.23. The fourth-order valence-corrected chi connectivity index (χ4v) is 2.21. The molecule has 2 aromatic carbocycles. The molecule has 2 rings (SSSR count). The van der Waals surface area contributed by atoms with E-state index in [2.05, 4.69) is 11.4 Å². The number of hydrogen-bond acceptors (Lipinski definition) is 3. The largest absolute Gasteiger partial charge is 0.394 e. The lowest BCUT2D eigenvalue weighted by atomic mass is 10.1. The summed E-state index contributed by atoms with van der Waals surface area (Å²) in [6.45, 7) is 0.362. The number of hydrogen-bond donors (Lipinski definition) is 2. The molecule has 0 saturated heterocycles. The third-order valence-corrected chi connectivity index (χ3v) is 3.67. The quantitative estimate of drug-likeness (QED) is 0.849. The fourth-order valence-electron chi connectivity index (χ4n) is 2.09. The minimum Gasteiger partial charge on any atom is -0.394 e. The van der Waals surface area contributed by atoms with Gasteiger partial charge in [-0.3, -0.25) is 0 Å². The van der Waals surface area contributed by atoms with Crippen LogP contribution in [0, 0.1) is 17.1 Å². The zero-order valence-corrected chi connectivity index (χ0v) is 13.1. The van der Waals surface area contributed by atoms with Crippen molar-refractivity contribution in [1.82, 2.24) is 5.32 Å². The Labute approximate surface area is 139 Å². The van der Waals surface area contributed by atoms with Crippen LogP contribution in [-0.4, -0.2) is 18.3 Å². The van der Waals surface area contributed by atoms with E-state index >= 15 is 0 Å². The van der Waals surface area contributed by atoms with Crippen molar-refractivity contribution in [3.8, 4) is 6.07 Å². The molecule has 23 heavy (non-hydrogen) atoms. The van der Waals surface area contributed by atoms with Gasteiger partial charge in [-0.15, -0.1) is 0 Å². The highest BCUT2D eigenvalue weighted by Gasteiger charge is 2.11. The highest BCUT2D eigenvalue weighted by Crippen LogP contribution is 2.20. The molecule has 5 heteroatoms. The zero-order chi connectivity index (χ0) is 16.7. The lowest BCUT2D eigenvalue weighted by Crippen LogP contribution is -2.24. The highest BCUT2D eigenvalue weighted by atomic mass is 35.5. The first-order valence-corrected chi connectivity index (χ1v) is 7.47. The van der Waals surface area contributed by atoms with Crippen LogP contribution in [0.3, 0.4) is 0 Å². The van der Waals surface area contributed by atoms with Crippen LogP contribution in [0.2, 0.25) is 5.02 Å². The summed E-state index contributed by atoms with van der Waals surface area (Å²) in [7, 11) is 0. The maximum atomic E-state index is 13.5. The Morgan fingerprint density at radius 2 is 2.00 bits per heavy atom.